The number of ether oxygens (including phenoxy) is 1. The fraction of sp³-hybridized carbons (Fsp3) is 0.222. The third kappa shape index (κ3) is 5.29. The van der Waals surface area contributed by atoms with E-state index in [0.29, 0.717) is 17.1 Å². The van der Waals surface area contributed by atoms with Crippen LogP contribution in [-0.2, 0) is 21.2 Å². The van der Waals surface area contributed by atoms with Gasteiger partial charge >= 0.3 is 0 Å². The van der Waals surface area contributed by atoms with Crippen LogP contribution in [0.5, 0.6) is 5.75 Å². The largest absolute Gasteiger partial charge is 0.494 e. The van der Waals surface area contributed by atoms with Crippen molar-refractivity contribution in [2.75, 3.05) is 22.9 Å². The molecular formula is C18H20N6O4S. The second kappa shape index (κ2) is 8.69. The van der Waals surface area contributed by atoms with Crippen LogP contribution in [0, 0.1) is 0 Å². The first-order chi connectivity index (χ1) is 13.9. The molecule has 0 atom stereocenters. The van der Waals surface area contributed by atoms with E-state index < -0.39 is 10.0 Å². The van der Waals surface area contributed by atoms with E-state index in [9.17, 15) is 13.2 Å². The molecule has 0 aliphatic carbocycles. The maximum Gasteiger partial charge on any atom is 0.232 e. The van der Waals surface area contributed by atoms with Crippen LogP contribution in [0.1, 0.15) is 12.5 Å². The number of tetrazole rings is 1. The van der Waals surface area contributed by atoms with E-state index in [1.54, 1.807) is 25.1 Å². The molecule has 1 heterocycles. The predicted molar refractivity (Wildman–Crippen MR) is 108 cm³/mol. The van der Waals surface area contributed by atoms with Crippen LogP contribution in [0.3, 0.4) is 0 Å². The third-order valence-electron chi connectivity index (χ3n) is 4.05. The Morgan fingerprint density at radius 2 is 1.93 bits per heavy atom. The van der Waals surface area contributed by atoms with Crippen LogP contribution < -0.4 is 14.8 Å². The minimum absolute atomic E-state index is 0.0547. The maximum absolute atomic E-state index is 12.4. The molecular weight excluding hydrogens is 396 g/mol. The van der Waals surface area contributed by atoms with Gasteiger partial charge in [-0.2, -0.15) is 0 Å². The van der Waals surface area contributed by atoms with E-state index in [0.717, 1.165) is 11.3 Å². The lowest BCUT2D eigenvalue weighted by atomic mass is 10.1. The van der Waals surface area contributed by atoms with Crippen molar-refractivity contribution in [1.29, 1.82) is 0 Å². The zero-order chi connectivity index (χ0) is 20.9. The summed E-state index contributed by atoms with van der Waals surface area (Å²) in [6.45, 7) is 1.54. The number of hydrogen-bond acceptors (Lipinski definition) is 7. The summed E-state index contributed by atoms with van der Waals surface area (Å²) in [4.78, 5) is 12.4. The summed E-state index contributed by atoms with van der Waals surface area (Å²) in [5.74, 6) is 0.0376. The van der Waals surface area contributed by atoms with Gasteiger partial charge in [0.2, 0.25) is 15.9 Å². The number of sulfonamides is 1. The topological polar surface area (TPSA) is 128 Å². The molecule has 2 aromatic carbocycles. The molecule has 0 aliphatic rings. The third-order valence-corrected chi connectivity index (χ3v) is 5.34. The Balaban J connectivity index is 1.65. The molecule has 0 saturated carbocycles. The van der Waals surface area contributed by atoms with Gasteiger partial charge in [-0.3, -0.25) is 9.52 Å². The zero-order valence-corrected chi connectivity index (χ0v) is 16.7. The number of anilines is 2. The SMILES string of the molecule is CCS(=O)(=O)Nc1ccc(NC(=O)Cc2ccc(-n3cnnn3)cc2)cc1OC. The van der Waals surface area contributed by atoms with Crippen molar-refractivity contribution in [3.05, 3.63) is 54.4 Å². The molecule has 2 N–H and O–H groups in total. The average Bonchev–Trinajstić information content (AvgIpc) is 3.24. The summed E-state index contributed by atoms with van der Waals surface area (Å²) in [7, 11) is -2.01. The van der Waals surface area contributed by atoms with Crippen LogP contribution in [0.2, 0.25) is 0 Å². The first-order valence-corrected chi connectivity index (χ1v) is 10.4. The number of benzene rings is 2. The van der Waals surface area contributed by atoms with Crippen LogP contribution >= 0.6 is 0 Å². The molecule has 0 radical (unpaired) electrons. The number of carbonyl (C=O) groups is 1. The lowest BCUT2D eigenvalue weighted by molar-refractivity contribution is -0.115. The van der Waals surface area contributed by atoms with Gasteiger partial charge in [-0.15, -0.1) is 5.10 Å². The summed E-state index contributed by atoms with van der Waals surface area (Å²) >= 11 is 0. The van der Waals surface area contributed by atoms with Gasteiger partial charge in [0.05, 0.1) is 30.7 Å². The highest BCUT2D eigenvalue weighted by molar-refractivity contribution is 7.92. The van der Waals surface area contributed by atoms with Gasteiger partial charge in [-0.25, -0.2) is 13.1 Å². The summed E-state index contributed by atoms with van der Waals surface area (Å²) in [5, 5.41) is 13.7. The minimum Gasteiger partial charge on any atom is -0.494 e. The fourth-order valence-corrected chi connectivity index (χ4v) is 3.18. The van der Waals surface area contributed by atoms with Crippen LogP contribution in [0.25, 0.3) is 5.69 Å². The fourth-order valence-electron chi connectivity index (χ4n) is 2.53. The normalized spacial score (nSPS) is 11.1. The predicted octanol–water partition coefficient (Wildman–Crippen LogP) is 1.61. The first kappa shape index (κ1) is 20.3. The highest BCUT2D eigenvalue weighted by atomic mass is 32.2. The average molecular weight is 416 g/mol. The van der Waals surface area contributed by atoms with Crippen molar-refractivity contribution < 1.29 is 17.9 Å². The Labute approximate surface area is 167 Å². The molecule has 0 fully saturated rings. The molecule has 0 unspecified atom stereocenters. The molecule has 29 heavy (non-hydrogen) atoms. The van der Waals surface area contributed by atoms with E-state index in [1.165, 1.54) is 18.1 Å². The zero-order valence-electron chi connectivity index (χ0n) is 15.9. The lowest BCUT2D eigenvalue weighted by Crippen LogP contribution is -2.16. The van der Waals surface area contributed by atoms with Crippen LogP contribution in [0.15, 0.2) is 48.8 Å². The number of aromatic nitrogens is 4. The van der Waals surface area contributed by atoms with Crippen molar-refractivity contribution in [3.8, 4) is 11.4 Å². The van der Waals surface area contributed by atoms with E-state index >= 15 is 0 Å². The second-order valence-corrected chi connectivity index (χ2v) is 8.08. The molecule has 3 aromatic rings. The highest BCUT2D eigenvalue weighted by Gasteiger charge is 2.13. The number of carbonyl (C=O) groups excluding carboxylic acids is 1. The Kier molecular flexibility index (Phi) is 6.07. The quantitative estimate of drug-likeness (QED) is 0.571. The van der Waals surface area contributed by atoms with Crippen molar-refractivity contribution in [2.24, 2.45) is 0 Å². The number of nitrogens with one attached hydrogen (secondary N) is 2. The van der Waals surface area contributed by atoms with E-state index in [4.69, 9.17) is 4.74 Å². The summed E-state index contributed by atoms with van der Waals surface area (Å²) in [6, 6.07) is 12.0. The molecule has 152 valence electrons. The second-order valence-electron chi connectivity index (χ2n) is 6.07. The van der Waals surface area contributed by atoms with Gasteiger partial charge in [0.25, 0.3) is 0 Å². The van der Waals surface area contributed by atoms with Gasteiger partial charge in [-0.1, -0.05) is 12.1 Å². The molecule has 11 heteroatoms. The minimum atomic E-state index is -3.43. The van der Waals surface area contributed by atoms with Gasteiger partial charge in [0, 0.05) is 11.8 Å². The van der Waals surface area contributed by atoms with Crippen LogP contribution in [-0.4, -0.2) is 47.4 Å². The Morgan fingerprint density at radius 1 is 1.17 bits per heavy atom. The van der Waals surface area contributed by atoms with Gasteiger partial charge < -0.3 is 10.1 Å². The van der Waals surface area contributed by atoms with Crippen LogP contribution in [0.4, 0.5) is 11.4 Å². The van der Waals surface area contributed by atoms with Gasteiger partial charge in [0.1, 0.15) is 12.1 Å². The first-order valence-electron chi connectivity index (χ1n) is 8.71. The molecule has 0 saturated heterocycles. The number of rotatable bonds is 8. The molecule has 1 aromatic heterocycles. The summed E-state index contributed by atoms with van der Waals surface area (Å²) in [6.07, 6.45) is 1.65. The van der Waals surface area contributed by atoms with E-state index in [2.05, 4.69) is 25.6 Å². The lowest BCUT2D eigenvalue weighted by Gasteiger charge is -2.13. The van der Waals surface area contributed by atoms with E-state index in [1.807, 2.05) is 24.3 Å². The molecule has 0 aliphatic heterocycles. The maximum atomic E-state index is 12.4. The summed E-state index contributed by atoms with van der Waals surface area (Å²) in [5.41, 5.74) is 2.41. The number of nitrogens with zero attached hydrogens (tertiary/aromatic N) is 4. The Bertz CT molecular complexity index is 1080. The molecule has 10 nitrogen and oxygen atoms in total. The standard InChI is InChI=1S/C18H20N6O4S/c1-3-29(26,27)21-16-9-6-14(11-17(16)28-2)20-18(25)10-13-4-7-15(8-5-13)24-12-19-22-23-24/h4-9,11-12,21H,3,10H2,1-2H3,(H,20,25). The molecule has 0 bridgehead atoms. The van der Waals surface area contributed by atoms with Crippen molar-refractivity contribution in [2.45, 2.75) is 13.3 Å². The van der Waals surface area contributed by atoms with E-state index in [-0.39, 0.29) is 18.1 Å². The molecule has 1 amide bonds. The number of amides is 1. The van der Waals surface area contributed by atoms with Gasteiger partial charge in [0.15, 0.2) is 0 Å². The number of methoxy groups -OCH3 is 1. The van der Waals surface area contributed by atoms with Crippen molar-refractivity contribution in [3.63, 3.8) is 0 Å². The molecule has 0 spiro atoms. The monoisotopic (exact) mass is 416 g/mol. The Morgan fingerprint density at radius 3 is 2.55 bits per heavy atom. The highest BCUT2D eigenvalue weighted by Crippen LogP contribution is 2.29. The van der Waals surface area contributed by atoms with Crippen molar-refractivity contribution >= 4 is 27.3 Å². The Hall–Kier alpha value is -3.47. The molecule has 3 rings (SSSR count). The van der Waals surface area contributed by atoms with Gasteiger partial charge in [-0.05, 0) is 47.2 Å². The number of hydrogen-bond donors (Lipinski definition) is 2. The van der Waals surface area contributed by atoms with Crippen molar-refractivity contribution in [1.82, 2.24) is 20.2 Å². The smallest absolute Gasteiger partial charge is 0.232 e. The summed E-state index contributed by atoms with van der Waals surface area (Å²) < 4.78 is 32.7.